The molecule has 0 spiro atoms. The number of carbonyl (C=O) groups is 1. The zero-order valence-electron chi connectivity index (χ0n) is 22.2. The van der Waals surface area contributed by atoms with Gasteiger partial charge in [0, 0.05) is 13.1 Å². The number of nitrogens with zero attached hydrogens (tertiary/aromatic N) is 1. The standard InChI is InChI=1S/C28H38N2O7S/c1-19(2)16-30(38(33,34)22-11-9-20(3)10-12-22)17-25(31)24(15-21-7-5-4-6-8-21)29-28(32)37-26-18-36-27-23(26)13-14-35-27/h4-12,19,23-27,31H,13-18H2,1-3H3,(H,29,32)/t23-,24+,25-,26-,27+/m1/s1. The zero-order chi connectivity index (χ0) is 27.3. The Labute approximate surface area is 225 Å². The summed E-state index contributed by atoms with van der Waals surface area (Å²) in [6.07, 6.45) is -1.61. The molecule has 0 radical (unpaired) electrons. The molecule has 2 saturated heterocycles. The third-order valence-corrected chi connectivity index (χ3v) is 8.77. The van der Waals surface area contributed by atoms with Crippen LogP contribution in [0.5, 0.6) is 0 Å². The molecular weight excluding hydrogens is 508 g/mol. The Morgan fingerprint density at radius 1 is 1.11 bits per heavy atom. The highest BCUT2D eigenvalue weighted by Crippen LogP contribution is 2.33. The van der Waals surface area contributed by atoms with Gasteiger partial charge in [-0.1, -0.05) is 61.9 Å². The lowest BCUT2D eigenvalue weighted by molar-refractivity contribution is -0.0907. The van der Waals surface area contributed by atoms with Crippen LogP contribution >= 0.6 is 0 Å². The molecule has 2 aromatic rings. The van der Waals surface area contributed by atoms with Crippen molar-refractivity contribution >= 4 is 16.1 Å². The minimum Gasteiger partial charge on any atom is -0.443 e. The summed E-state index contributed by atoms with van der Waals surface area (Å²) in [5.74, 6) is 0.0105. The molecule has 0 unspecified atom stereocenters. The largest absolute Gasteiger partial charge is 0.443 e. The molecule has 0 aromatic heterocycles. The van der Waals surface area contributed by atoms with Gasteiger partial charge in [0.2, 0.25) is 10.0 Å². The van der Waals surface area contributed by atoms with Crippen molar-refractivity contribution < 1.29 is 32.5 Å². The third kappa shape index (κ3) is 7.12. The molecule has 0 saturated carbocycles. The van der Waals surface area contributed by atoms with E-state index >= 15 is 0 Å². The van der Waals surface area contributed by atoms with Crippen LogP contribution in [-0.2, 0) is 30.7 Å². The monoisotopic (exact) mass is 546 g/mol. The fourth-order valence-corrected chi connectivity index (χ4v) is 6.52. The van der Waals surface area contributed by atoms with Crippen molar-refractivity contribution in [3.63, 3.8) is 0 Å². The summed E-state index contributed by atoms with van der Waals surface area (Å²) in [5.41, 5.74) is 1.84. The molecule has 2 heterocycles. The number of ether oxygens (including phenoxy) is 3. The quantitative estimate of drug-likeness (QED) is 0.445. The van der Waals surface area contributed by atoms with Crippen LogP contribution in [0.25, 0.3) is 0 Å². The fraction of sp³-hybridized carbons (Fsp3) is 0.536. The van der Waals surface area contributed by atoms with Crippen molar-refractivity contribution in [2.75, 3.05) is 26.3 Å². The molecule has 9 nitrogen and oxygen atoms in total. The van der Waals surface area contributed by atoms with Crippen LogP contribution in [0.4, 0.5) is 4.79 Å². The molecule has 2 aliphatic rings. The van der Waals surface area contributed by atoms with Gasteiger partial charge in [0.05, 0.1) is 36.2 Å². The van der Waals surface area contributed by atoms with Crippen LogP contribution in [0.15, 0.2) is 59.5 Å². The second kappa shape index (κ2) is 12.6. The van der Waals surface area contributed by atoms with Gasteiger partial charge >= 0.3 is 6.09 Å². The number of amides is 1. The van der Waals surface area contributed by atoms with Crippen molar-refractivity contribution in [2.45, 2.75) is 63.0 Å². The summed E-state index contributed by atoms with van der Waals surface area (Å²) in [6.45, 7) is 6.59. The predicted octanol–water partition coefficient (Wildman–Crippen LogP) is 3.10. The first-order valence-corrected chi connectivity index (χ1v) is 14.6. The summed E-state index contributed by atoms with van der Waals surface area (Å²) in [4.78, 5) is 13.1. The van der Waals surface area contributed by atoms with E-state index in [1.54, 1.807) is 24.3 Å². The maximum atomic E-state index is 13.5. The molecule has 1 amide bonds. The highest BCUT2D eigenvalue weighted by atomic mass is 32.2. The fourth-order valence-electron chi connectivity index (χ4n) is 4.89. The number of rotatable bonds is 11. The number of hydrogen-bond donors (Lipinski definition) is 2. The van der Waals surface area contributed by atoms with E-state index in [1.807, 2.05) is 51.1 Å². The van der Waals surface area contributed by atoms with E-state index in [2.05, 4.69) is 5.32 Å². The van der Waals surface area contributed by atoms with Crippen molar-refractivity contribution in [1.29, 1.82) is 0 Å². The number of aliphatic hydroxyl groups is 1. The van der Waals surface area contributed by atoms with E-state index in [1.165, 1.54) is 4.31 Å². The molecule has 10 heteroatoms. The van der Waals surface area contributed by atoms with E-state index in [0.29, 0.717) is 13.0 Å². The predicted molar refractivity (Wildman–Crippen MR) is 142 cm³/mol. The molecule has 38 heavy (non-hydrogen) atoms. The van der Waals surface area contributed by atoms with Gasteiger partial charge in [0.15, 0.2) is 6.29 Å². The number of nitrogens with one attached hydrogen (secondary N) is 1. The Morgan fingerprint density at radius 2 is 1.82 bits per heavy atom. The summed E-state index contributed by atoms with van der Waals surface area (Å²) in [5, 5.41) is 14.1. The maximum absolute atomic E-state index is 13.5. The first-order chi connectivity index (χ1) is 18.1. The van der Waals surface area contributed by atoms with Gasteiger partial charge in [-0.15, -0.1) is 0 Å². The first kappa shape index (κ1) is 28.5. The molecule has 2 aliphatic heterocycles. The molecule has 2 fully saturated rings. The van der Waals surface area contributed by atoms with Crippen LogP contribution in [0, 0.1) is 18.8 Å². The Balaban J connectivity index is 1.51. The van der Waals surface area contributed by atoms with E-state index in [9.17, 15) is 18.3 Å². The molecule has 0 bridgehead atoms. The van der Waals surface area contributed by atoms with Crippen LogP contribution in [0.2, 0.25) is 0 Å². The summed E-state index contributed by atoms with van der Waals surface area (Å²) >= 11 is 0. The van der Waals surface area contributed by atoms with Crippen LogP contribution in [-0.4, -0.2) is 74.8 Å². The SMILES string of the molecule is Cc1ccc(S(=O)(=O)N(CC(C)C)C[C@@H](O)[C@H](Cc2ccccc2)NC(=O)O[C@@H]2CO[C@@H]3OCC[C@@H]32)cc1. The molecule has 4 rings (SSSR count). The number of sulfonamides is 1. The Hall–Kier alpha value is -2.50. The smallest absolute Gasteiger partial charge is 0.407 e. The van der Waals surface area contributed by atoms with E-state index < -0.39 is 34.4 Å². The number of benzene rings is 2. The average molecular weight is 547 g/mol. The van der Waals surface area contributed by atoms with Crippen LogP contribution in [0.1, 0.15) is 31.4 Å². The number of fused-ring (bicyclic) bond motifs is 1. The van der Waals surface area contributed by atoms with Gasteiger partial charge in [-0.05, 0) is 43.4 Å². The van der Waals surface area contributed by atoms with E-state index in [-0.39, 0.29) is 42.7 Å². The first-order valence-electron chi connectivity index (χ1n) is 13.1. The van der Waals surface area contributed by atoms with Gasteiger partial charge in [-0.3, -0.25) is 0 Å². The minimum absolute atomic E-state index is 0.0144. The van der Waals surface area contributed by atoms with Gasteiger partial charge < -0.3 is 24.6 Å². The second-order valence-corrected chi connectivity index (χ2v) is 12.4. The molecule has 2 N–H and O–H groups in total. The van der Waals surface area contributed by atoms with E-state index in [4.69, 9.17) is 14.2 Å². The lowest BCUT2D eigenvalue weighted by Crippen LogP contribution is -2.51. The van der Waals surface area contributed by atoms with Crippen LogP contribution < -0.4 is 5.32 Å². The molecule has 5 atom stereocenters. The van der Waals surface area contributed by atoms with Crippen molar-refractivity contribution in [2.24, 2.45) is 11.8 Å². The number of alkyl carbamates (subject to hydrolysis) is 1. The summed E-state index contributed by atoms with van der Waals surface area (Å²) in [7, 11) is -3.87. The van der Waals surface area contributed by atoms with E-state index in [0.717, 1.165) is 17.5 Å². The average Bonchev–Trinajstić information content (AvgIpc) is 3.49. The van der Waals surface area contributed by atoms with Gasteiger partial charge in [-0.2, -0.15) is 4.31 Å². The normalized spacial score (nSPS) is 22.8. The number of aliphatic hydroxyl groups excluding tert-OH is 1. The Bertz CT molecular complexity index is 1160. The lowest BCUT2D eigenvalue weighted by Gasteiger charge is -2.31. The Morgan fingerprint density at radius 3 is 2.50 bits per heavy atom. The maximum Gasteiger partial charge on any atom is 0.407 e. The van der Waals surface area contributed by atoms with Crippen molar-refractivity contribution in [1.82, 2.24) is 9.62 Å². The lowest BCUT2D eigenvalue weighted by atomic mass is 10.0. The second-order valence-electron chi connectivity index (χ2n) is 10.5. The van der Waals surface area contributed by atoms with Crippen molar-refractivity contribution in [3.05, 3.63) is 65.7 Å². The van der Waals surface area contributed by atoms with Crippen molar-refractivity contribution in [3.8, 4) is 0 Å². The summed E-state index contributed by atoms with van der Waals surface area (Å²) < 4.78 is 45.1. The Kier molecular flexibility index (Phi) is 9.43. The number of carbonyl (C=O) groups excluding carboxylic acids is 1. The number of aryl methyl sites for hydroxylation is 1. The highest BCUT2D eigenvalue weighted by Gasteiger charge is 2.44. The topological polar surface area (TPSA) is 114 Å². The van der Waals surface area contributed by atoms with Crippen LogP contribution in [0.3, 0.4) is 0 Å². The minimum atomic E-state index is -3.87. The summed E-state index contributed by atoms with van der Waals surface area (Å²) in [6, 6.07) is 15.3. The molecule has 2 aromatic carbocycles. The molecular formula is C28H38N2O7S. The van der Waals surface area contributed by atoms with Gasteiger partial charge in [0.1, 0.15) is 6.10 Å². The third-order valence-electron chi connectivity index (χ3n) is 6.93. The highest BCUT2D eigenvalue weighted by molar-refractivity contribution is 7.89. The van der Waals surface area contributed by atoms with Gasteiger partial charge in [0.25, 0.3) is 0 Å². The number of hydrogen-bond acceptors (Lipinski definition) is 7. The van der Waals surface area contributed by atoms with Gasteiger partial charge in [-0.25, -0.2) is 13.2 Å². The molecule has 0 aliphatic carbocycles. The molecule has 208 valence electrons. The zero-order valence-corrected chi connectivity index (χ0v) is 23.0.